The number of halogens is 1. The predicted molar refractivity (Wildman–Crippen MR) is 66.4 cm³/mol. The van der Waals surface area contributed by atoms with Gasteiger partial charge in [0.15, 0.2) is 0 Å². The van der Waals surface area contributed by atoms with Gasteiger partial charge < -0.3 is 9.64 Å². The van der Waals surface area contributed by atoms with E-state index in [1.807, 2.05) is 20.8 Å². The second kappa shape index (κ2) is 6.88. The molecule has 0 N–H and O–H groups in total. The number of hydrogen-bond donors (Lipinski definition) is 0. The number of amides is 1. The zero-order valence-corrected chi connectivity index (χ0v) is 11.3. The molecule has 0 radical (unpaired) electrons. The molecule has 1 amide bonds. The summed E-state index contributed by atoms with van der Waals surface area (Å²) in [7, 11) is 0. The molecule has 0 aromatic carbocycles. The van der Waals surface area contributed by atoms with E-state index in [0.29, 0.717) is 13.1 Å². The monoisotopic (exact) mass is 277 g/mol. The third kappa shape index (κ3) is 7.42. The molecule has 0 saturated carbocycles. The number of hydrogen-bond acceptors (Lipinski definition) is 2. The van der Waals surface area contributed by atoms with Crippen molar-refractivity contribution in [1.29, 1.82) is 0 Å². The molecule has 3 nitrogen and oxygen atoms in total. The van der Waals surface area contributed by atoms with Crippen molar-refractivity contribution in [2.45, 2.75) is 32.8 Å². The second-order valence-corrected chi connectivity index (χ2v) is 5.05. The van der Waals surface area contributed by atoms with Gasteiger partial charge in [0.05, 0.1) is 0 Å². The number of carbonyl (C=O) groups is 1. The topological polar surface area (TPSA) is 29.5 Å². The van der Waals surface area contributed by atoms with Crippen molar-refractivity contribution in [2.75, 3.05) is 18.4 Å². The highest BCUT2D eigenvalue weighted by atomic mass is 79.9. The summed E-state index contributed by atoms with van der Waals surface area (Å²) in [6.45, 7) is 10.4. The maximum Gasteiger partial charge on any atom is 0.410 e. The van der Waals surface area contributed by atoms with Crippen LogP contribution < -0.4 is 0 Å². The van der Waals surface area contributed by atoms with Crippen LogP contribution in [0.3, 0.4) is 0 Å². The second-order valence-electron chi connectivity index (χ2n) is 4.26. The van der Waals surface area contributed by atoms with Crippen LogP contribution >= 0.6 is 15.9 Å². The van der Waals surface area contributed by atoms with Crippen LogP contribution in [0.1, 0.15) is 27.2 Å². The first-order valence-electron chi connectivity index (χ1n) is 5.05. The Labute approximate surface area is 101 Å². The van der Waals surface area contributed by atoms with E-state index in [1.165, 1.54) is 0 Å². The quantitative estimate of drug-likeness (QED) is 0.571. The van der Waals surface area contributed by atoms with Gasteiger partial charge in [-0.1, -0.05) is 22.0 Å². The Morgan fingerprint density at radius 3 is 2.53 bits per heavy atom. The minimum absolute atomic E-state index is 0.275. The minimum atomic E-state index is -0.440. The Morgan fingerprint density at radius 2 is 2.13 bits per heavy atom. The van der Waals surface area contributed by atoms with E-state index < -0.39 is 5.60 Å². The highest BCUT2D eigenvalue weighted by Crippen LogP contribution is 2.10. The Balaban J connectivity index is 4.21. The van der Waals surface area contributed by atoms with Crippen molar-refractivity contribution in [2.24, 2.45) is 0 Å². The van der Waals surface area contributed by atoms with E-state index in [-0.39, 0.29) is 6.09 Å². The molecule has 0 aromatic rings. The standard InChI is InChI=1S/C11H20BrNO2/c1-5-8-13(9-6-7-12)10(14)15-11(2,3)4/h5H,1,6-9H2,2-4H3. The van der Waals surface area contributed by atoms with Gasteiger partial charge in [0.1, 0.15) is 5.60 Å². The molecule has 4 heteroatoms. The molecular formula is C11H20BrNO2. The van der Waals surface area contributed by atoms with Gasteiger partial charge in [0.2, 0.25) is 0 Å². The highest BCUT2D eigenvalue weighted by molar-refractivity contribution is 9.09. The molecule has 0 heterocycles. The number of carbonyl (C=O) groups excluding carboxylic acids is 1. The van der Waals surface area contributed by atoms with Crippen LogP contribution in [0, 0.1) is 0 Å². The molecule has 0 aromatic heterocycles. The molecule has 0 saturated heterocycles. The lowest BCUT2D eigenvalue weighted by Gasteiger charge is -2.26. The molecule has 0 atom stereocenters. The van der Waals surface area contributed by atoms with Crippen LogP contribution in [-0.2, 0) is 4.74 Å². The van der Waals surface area contributed by atoms with E-state index in [4.69, 9.17) is 4.74 Å². The minimum Gasteiger partial charge on any atom is -0.444 e. The fraction of sp³-hybridized carbons (Fsp3) is 0.727. The van der Waals surface area contributed by atoms with E-state index in [9.17, 15) is 4.79 Å². The summed E-state index contributed by atoms with van der Waals surface area (Å²) >= 11 is 3.33. The normalized spacial score (nSPS) is 10.9. The lowest BCUT2D eigenvalue weighted by atomic mass is 10.2. The number of ether oxygens (including phenoxy) is 1. The van der Waals surface area contributed by atoms with Crippen molar-refractivity contribution >= 4 is 22.0 Å². The Kier molecular flexibility index (Phi) is 6.65. The largest absolute Gasteiger partial charge is 0.444 e. The summed E-state index contributed by atoms with van der Waals surface area (Å²) < 4.78 is 5.27. The van der Waals surface area contributed by atoms with Crippen LogP contribution in [0.4, 0.5) is 4.79 Å². The Morgan fingerprint density at radius 1 is 1.53 bits per heavy atom. The third-order valence-electron chi connectivity index (χ3n) is 1.56. The fourth-order valence-corrected chi connectivity index (χ4v) is 1.24. The predicted octanol–water partition coefficient (Wildman–Crippen LogP) is 3.19. The van der Waals surface area contributed by atoms with Crippen molar-refractivity contribution in [3.05, 3.63) is 12.7 Å². The molecule has 0 rings (SSSR count). The first kappa shape index (κ1) is 14.5. The fourth-order valence-electron chi connectivity index (χ4n) is 0.990. The van der Waals surface area contributed by atoms with Crippen LogP contribution in [0.25, 0.3) is 0 Å². The van der Waals surface area contributed by atoms with Gasteiger partial charge in [-0.2, -0.15) is 0 Å². The number of nitrogens with zero attached hydrogens (tertiary/aromatic N) is 1. The molecule has 88 valence electrons. The van der Waals surface area contributed by atoms with Crippen LogP contribution in [0.5, 0.6) is 0 Å². The molecule has 0 fully saturated rings. The van der Waals surface area contributed by atoms with Crippen LogP contribution in [0.15, 0.2) is 12.7 Å². The molecule has 0 spiro atoms. The van der Waals surface area contributed by atoms with Gasteiger partial charge in [-0.15, -0.1) is 6.58 Å². The summed E-state index contributed by atoms with van der Waals surface area (Å²) in [5, 5.41) is 0.878. The van der Waals surface area contributed by atoms with E-state index in [1.54, 1.807) is 11.0 Å². The summed E-state index contributed by atoms with van der Waals surface area (Å²) in [6, 6.07) is 0. The van der Waals surface area contributed by atoms with Gasteiger partial charge >= 0.3 is 6.09 Å². The third-order valence-corrected chi connectivity index (χ3v) is 2.12. The lowest BCUT2D eigenvalue weighted by molar-refractivity contribution is 0.0272. The van der Waals surface area contributed by atoms with E-state index in [0.717, 1.165) is 11.8 Å². The molecule has 0 aliphatic heterocycles. The molecule has 0 aliphatic rings. The smallest absolute Gasteiger partial charge is 0.410 e. The molecule has 0 aliphatic carbocycles. The molecular weight excluding hydrogens is 258 g/mol. The van der Waals surface area contributed by atoms with E-state index in [2.05, 4.69) is 22.5 Å². The van der Waals surface area contributed by atoms with Gasteiger partial charge in [0.25, 0.3) is 0 Å². The van der Waals surface area contributed by atoms with Crippen molar-refractivity contribution < 1.29 is 9.53 Å². The van der Waals surface area contributed by atoms with Crippen molar-refractivity contribution in [3.63, 3.8) is 0 Å². The summed E-state index contributed by atoms with van der Waals surface area (Å²) in [5.41, 5.74) is -0.440. The van der Waals surface area contributed by atoms with Gasteiger partial charge in [-0.3, -0.25) is 0 Å². The molecule has 0 bridgehead atoms. The average molecular weight is 278 g/mol. The zero-order chi connectivity index (χ0) is 11.9. The summed E-state index contributed by atoms with van der Waals surface area (Å²) in [6.07, 6.45) is 2.34. The van der Waals surface area contributed by atoms with Gasteiger partial charge in [-0.25, -0.2) is 4.79 Å². The Hall–Kier alpha value is -0.510. The van der Waals surface area contributed by atoms with Crippen molar-refractivity contribution in [1.82, 2.24) is 4.90 Å². The number of rotatable bonds is 5. The first-order valence-corrected chi connectivity index (χ1v) is 6.17. The van der Waals surface area contributed by atoms with Crippen molar-refractivity contribution in [3.8, 4) is 0 Å². The van der Waals surface area contributed by atoms with Gasteiger partial charge in [-0.05, 0) is 27.2 Å². The molecule has 0 unspecified atom stereocenters. The SMILES string of the molecule is C=CCN(CCCBr)C(=O)OC(C)(C)C. The van der Waals surface area contributed by atoms with Gasteiger partial charge in [0, 0.05) is 18.4 Å². The average Bonchev–Trinajstić information content (AvgIpc) is 2.09. The maximum atomic E-state index is 11.7. The Bertz CT molecular complexity index is 211. The van der Waals surface area contributed by atoms with Crippen LogP contribution in [0.2, 0.25) is 0 Å². The highest BCUT2D eigenvalue weighted by Gasteiger charge is 2.20. The zero-order valence-electron chi connectivity index (χ0n) is 9.75. The first-order chi connectivity index (χ1) is 6.90. The summed E-state index contributed by atoms with van der Waals surface area (Å²) in [4.78, 5) is 13.3. The maximum absolute atomic E-state index is 11.7. The van der Waals surface area contributed by atoms with Crippen LogP contribution in [-0.4, -0.2) is 35.0 Å². The lowest BCUT2D eigenvalue weighted by Crippen LogP contribution is -2.37. The van der Waals surface area contributed by atoms with E-state index >= 15 is 0 Å². The number of alkyl halides is 1. The summed E-state index contributed by atoms with van der Waals surface area (Å²) in [5.74, 6) is 0. The molecule has 15 heavy (non-hydrogen) atoms.